The molecule has 0 aromatic heterocycles. The van der Waals surface area contributed by atoms with Gasteiger partial charge in [-0.15, -0.1) is 0 Å². The summed E-state index contributed by atoms with van der Waals surface area (Å²) < 4.78 is 14.1. The fourth-order valence-electron chi connectivity index (χ4n) is 3.53. The monoisotopic (exact) mass is 349 g/mol. The molecule has 0 bridgehead atoms. The van der Waals surface area contributed by atoms with Gasteiger partial charge in [0, 0.05) is 12.2 Å². The molecule has 1 unspecified atom stereocenters. The highest BCUT2D eigenvalue weighted by molar-refractivity contribution is 8.13. The van der Waals surface area contributed by atoms with Gasteiger partial charge in [-0.25, -0.2) is 4.39 Å². The van der Waals surface area contributed by atoms with Crippen LogP contribution in [0.2, 0.25) is 0 Å². The third kappa shape index (κ3) is 3.91. The van der Waals surface area contributed by atoms with Crippen LogP contribution in [-0.2, 0) is 10.3 Å². The third-order valence-electron chi connectivity index (χ3n) is 5.01. The van der Waals surface area contributed by atoms with Gasteiger partial charge in [0.15, 0.2) is 5.17 Å². The summed E-state index contributed by atoms with van der Waals surface area (Å²) in [5.74, 6) is 0.801. The number of hydrogen-bond donors (Lipinski definition) is 2. The lowest BCUT2D eigenvalue weighted by Crippen LogP contribution is -2.29. The van der Waals surface area contributed by atoms with Gasteiger partial charge in [0.25, 0.3) is 0 Å². The Morgan fingerprint density at radius 3 is 2.92 bits per heavy atom. The Morgan fingerprint density at radius 1 is 1.46 bits per heavy atom. The normalized spacial score (nSPS) is 24.7. The summed E-state index contributed by atoms with van der Waals surface area (Å²) in [5, 5.41) is 3.30. The first kappa shape index (κ1) is 17.3. The molecule has 1 saturated carbocycles. The van der Waals surface area contributed by atoms with E-state index < -0.39 is 11.4 Å². The second-order valence-electron chi connectivity index (χ2n) is 6.92. The van der Waals surface area contributed by atoms with Gasteiger partial charge >= 0.3 is 0 Å². The van der Waals surface area contributed by atoms with E-state index in [-0.39, 0.29) is 11.6 Å². The Hall–Kier alpha value is -1.56. The Kier molecular flexibility index (Phi) is 5.13. The maximum Gasteiger partial charge on any atom is 0.224 e. The van der Waals surface area contributed by atoms with Crippen molar-refractivity contribution in [3.63, 3.8) is 0 Å². The van der Waals surface area contributed by atoms with Crippen LogP contribution in [0.3, 0.4) is 0 Å². The molecule has 1 heterocycles. The molecule has 2 aliphatic rings. The van der Waals surface area contributed by atoms with Crippen molar-refractivity contribution < 1.29 is 9.18 Å². The maximum absolute atomic E-state index is 14.1. The number of nitrogens with two attached hydrogens (primary N) is 1. The van der Waals surface area contributed by atoms with Crippen LogP contribution >= 0.6 is 11.8 Å². The minimum atomic E-state index is -0.464. The van der Waals surface area contributed by atoms with Crippen LogP contribution in [0.5, 0.6) is 0 Å². The molecule has 6 heteroatoms. The van der Waals surface area contributed by atoms with E-state index >= 15 is 0 Å². The van der Waals surface area contributed by atoms with Crippen molar-refractivity contribution in [2.45, 2.75) is 51.0 Å². The summed E-state index contributed by atoms with van der Waals surface area (Å²) >= 11 is 1.53. The molecule has 0 radical (unpaired) electrons. The second kappa shape index (κ2) is 7.13. The number of nitrogens with zero attached hydrogens (tertiary/aromatic N) is 1. The average molecular weight is 349 g/mol. The van der Waals surface area contributed by atoms with E-state index in [4.69, 9.17) is 5.73 Å². The summed E-state index contributed by atoms with van der Waals surface area (Å²) in [5.41, 5.74) is 6.51. The highest BCUT2D eigenvalue weighted by Crippen LogP contribution is 2.36. The number of amidine groups is 1. The Labute approximate surface area is 146 Å². The van der Waals surface area contributed by atoms with Gasteiger partial charge in [-0.3, -0.25) is 9.79 Å². The number of halogens is 1. The van der Waals surface area contributed by atoms with Gasteiger partial charge in [-0.1, -0.05) is 30.7 Å². The molecule has 4 nitrogen and oxygen atoms in total. The fourth-order valence-corrected chi connectivity index (χ4v) is 4.50. The average Bonchev–Trinajstić information content (AvgIpc) is 3.02. The highest BCUT2D eigenvalue weighted by atomic mass is 32.2. The molecule has 1 aliphatic heterocycles. The van der Waals surface area contributed by atoms with Gasteiger partial charge < -0.3 is 11.1 Å². The van der Waals surface area contributed by atoms with Crippen molar-refractivity contribution in [2.24, 2.45) is 16.6 Å². The van der Waals surface area contributed by atoms with E-state index in [0.717, 1.165) is 30.6 Å². The number of rotatable bonds is 4. The molecule has 1 atom stereocenters. The lowest BCUT2D eigenvalue weighted by Gasteiger charge is -2.30. The third-order valence-corrected chi connectivity index (χ3v) is 5.80. The largest absolute Gasteiger partial charge is 0.379 e. The van der Waals surface area contributed by atoms with Gasteiger partial charge in [0.05, 0.1) is 11.2 Å². The van der Waals surface area contributed by atoms with Crippen LogP contribution in [-0.4, -0.2) is 16.8 Å². The minimum absolute atomic E-state index is 0.106. The zero-order chi connectivity index (χ0) is 17.2. The lowest BCUT2D eigenvalue weighted by atomic mass is 9.89. The smallest absolute Gasteiger partial charge is 0.224 e. The summed E-state index contributed by atoms with van der Waals surface area (Å²) in [7, 11) is 0. The molecule has 0 saturated heterocycles. The molecule has 3 N–H and O–H groups in total. The van der Waals surface area contributed by atoms with Crippen LogP contribution in [0, 0.1) is 11.7 Å². The van der Waals surface area contributed by atoms with Crippen molar-refractivity contribution in [2.75, 3.05) is 11.1 Å². The molecule has 1 amide bonds. The summed E-state index contributed by atoms with van der Waals surface area (Å²) in [6, 6.07) is 4.84. The topological polar surface area (TPSA) is 67.5 Å². The summed E-state index contributed by atoms with van der Waals surface area (Å²) in [4.78, 5) is 16.8. The molecule has 1 aromatic carbocycles. The number of thioether (sulfide) groups is 1. The van der Waals surface area contributed by atoms with Crippen molar-refractivity contribution in [1.82, 2.24) is 0 Å². The molecule has 130 valence electrons. The first-order chi connectivity index (χ1) is 11.5. The number of hydrogen-bond acceptors (Lipinski definition) is 4. The van der Waals surface area contributed by atoms with E-state index in [9.17, 15) is 9.18 Å². The number of carbonyl (C=O) groups is 1. The Balaban J connectivity index is 1.76. The van der Waals surface area contributed by atoms with E-state index in [1.165, 1.54) is 30.7 Å². The van der Waals surface area contributed by atoms with Crippen LogP contribution < -0.4 is 11.1 Å². The van der Waals surface area contributed by atoms with E-state index in [1.54, 1.807) is 12.1 Å². The second-order valence-corrected chi connectivity index (χ2v) is 8.03. The van der Waals surface area contributed by atoms with Gasteiger partial charge in [-0.05, 0) is 49.8 Å². The van der Waals surface area contributed by atoms with E-state index in [0.29, 0.717) is 17.5 Å². The van der Waals surface area contributed by atoms with Crippen molar-refractivity contribution in [1.29, 1.82) is 0 Å². The number of aliphatic imine (C=N–C) groups is 1. The van der Waals surface area contributed by atoms with Crippen molar-refractivity contribution in [3.8, 4) is 0 Å². The van der Waals surface area contributed by atoms with E-state index in [1.807, 2.05) is 6.92 Å². The van der Waals surface area contributed by atoms with Gasteiger partial charge in [0.1, 0.15) is 5.82 Å². The predicted molar refractivity (Wildman–Crippen MR) is 97.7 cm³/mol. The Bertz CT molecular complexity index is 658. The molecule has 24 heavy (non-hydrogen) atoms. The fraction of sp³-hybridized carbons (Fsp3) is 0.556. The van der Waals surface area contributed by atoms with Gasteiger partial charge in [-0.2, -0.15) is 0 Å². The molecule has 0 spiro atoms. The van der Waals surface area contributed by atoms with E-state index in [2.05, 4.69) is 10.3 Å². The standard InChI is InChI=1S/C18H24FN3OS/c1-18(8-9-24-17(20)22-18)13-6-7-14(19)15(11-13)21-16(23)10-12-4-2-3-5-12/h6-7,11-12H,2-5,8-10H2,1H3,(H2,20,22)(H,21,23). The first-order valence-corrected chi connectivity index (χ1v) is 9.53. The molecular formula is C18H24FN3OS. The van der Waals surface area contributed by atoms with Crippen LogP contribution in [0.4, 0.5) is 10.1 Å². The zero-order valence-electron chi connectivity index (χ0n) is 14.0. The number of carbonyl (C=O) groups excluding carboxylic acids is 1. The molecule has 3 rings (SSSR count). The quantitative estimate of drug-likeness (QED) is 0.863. The number of amides is 1. The maximum atomic E-state index is 14.1. The summed E-state index contributed by atoms with van der Waals surface area (Å²) in [6.07, 6.45) is 5.89. The number of nitrogens with one attached hydrogen (secondary N) is 1. The number of benzene rings is 1. The molecule has 1 aromatic rings. The van der Waals surface area contributed by atoms with Gasteiger partial charge in [0.2, 0.25) is 5.91 Å². The predicted octanol–water partition coefficient (Wildman–Crippen LogP) is 4.01. The highest BCUT2D eigenvalue weighted by Gasteiger charge is 2.30. The molecular weight excluding hydrogens is 325 g/mol. The zero-order valence-corrected chi connectivity index (χ0v) is 14.8. The molecule has 1 fully saturated rings. The van der Waals surface area contributed by atoms with Crippen molar-refractivity contribution in [3.05, 3.63) is 29.6 Å². The number of anilines is 1. The van der Waals surface area contributed by atoms with Crippen LogP contribution in [0.25, 0.3) is 0 Å². The lowest BCUT2D eigenvalue weighted by molar-refractivity contribution is -0.117. The van der Waals surface area contributed by atoms with Crippen LogP contribution in [0.15, 0.2) is 23.2 Å². The SMILES string of the molecule is CC1(c2ccc(F)c(NC(=O)CC3CCCC3)c2)CCSC(N)=N1. The molecule has 1 aliphatic carbocycles. The first-order valence-electron chi connectivity index (χ1n) is 8.54. The summed E-state index contributed by atoms with van der Waals surface area (Å²) in [6.45, 7) is 2.00. The van der Waals surface area contributed by atoms with Crippen LogP contribution in [0.1, 0.15) is 51.0 Å². The van der Waals surface area contributed by atoms with Crippen molar-refractivity contribution >= 4 is 28.5 Å². The minimum Gasteiger partial charge on any atom is -0.379 e. The Morgan fingerprint density at radius 2 is 2.21 bits per heavy atom.